The lowest BCUT2D eigenvalue weighted by atomic mass is 9.90. The Bertz CT molecular complexity index is 922. The molecule has 1 unspecified atom stereocenters. The van der Waals surface area contributed by atoms with Crippen molar-refractivity contribution >= 4 is 34.5 Å². The summed E-state index contributed by atoms with van der Waals surface area (Å²) in [7, 11) is 0. The minimum absolute atomic E-state index is 0.0128. The predicted molar refractivity (Wildman–Crippen MR) is 108 cm³/mol. The molecule has 1 amide bonds. The van der Waals surface area contributed by atoms with Crippen LogP contribution in [0.15, 0.2) is 54.0 Å². The number of nitrogens with zero attached hydrogens (tertiary/aromatic N) is 1. The van der Waals surface area contributed by atoms with E-state index >= 15 is 0 Å². The third-order valence-electron chi connectivity index (χ3n) is 4.70. The Balaban J connectivity index is 1.31. The van der Waals surface area contributed by atoms with Gasteiger partial charge in [0.2, 0.25) is 5.91 Å². The number of ether oxygens (including phenoxy) is 1. The summed E-state index contributed by atoms with van der Waals surface area (Å²) in [5.41, 5.74) is 4.87. The van der Waals surface area contributed by atoms with E-state index in [2.05, 4.69) is 10.3 Å². The molecule has 0 bridgehead atoms. The zero-order chi connectivity index (χ0) is 18.6. The van der Waals surface area contributed by atoms with Crippen molar-refractivity contribution in [3.05, 3.63) is 75.2 Å². The summed E-state index contributed by atoms with van der Waals surface area (Å²) >= 11 is 7.53. The van der Waals surface area contributed by atoms with Crippen molar-refractivity contribution in [3.8, 4) is 5.75 Å². The predicted octanol–water partition coefficient (Wildman–Crippen LogP) is 5.12. The van der Waals surface area contributed by atoms with Crippen molar-refractivity contribution in [2.24, 2.45) is 5.92 Å². The van der Waals surface area contributed by atoms with Crippen LogP contribution in [-0.4, -0.2) is 10.9 Å². The number of hydrogen-bond donors (Lipinski definition) is 1. The summed E-state index contributed by atoms with van der Waals surface area (Å²) in [5, 5.41) is 3.73. The van der Waals surface area contributed by atoms with E-state index in [0.717, 1.165) is 42.0 Å². The molecule has 1 aliphatic carbocycles. The summed E-state index contributed by atoms with van der Waals surface area (Å²) in [6.45, 7) is 0.474. The van der Waals surface area contributed by atoms with Crippen molar-refractivity contribution in [1.82, 2.24) is 4.98 Å². The average Bonchev–Trinajstić information content (AvgIpc) is 3.16. The molecule has 4 rings (SSSR count). The van der Waals surface area contributed by atoms with Gasteiger partial charge in [-0.2, -0.15) is 0 Å². The van der Waals surface area contributed by atoms with Crippen LogP contribution in [0.5, 0.6) is 5.75 Å². The highest BCUT2D eigenvalue weighted by Gasteiger charge is 2.26. The number of aromatic nitrogens is 1. The van der Waals surface area contributed by atoms with Crippen LogP contribution in [0.3, 0.4) is 0 Å². The van der Waals surface area contributed by atoms with Crippen LogP contribution < -0.4 is 10.1 Å². The highest BCUT2D eigenvalue weighted by atomic mass is 35.5. The topological polar surface area (TPSA) is 51.2 Å². The van der Waals surface area contributed by atoms with E-state index in [1.54, 1.807) is 11.3 Å². The minimum atomic E-state index is 0.0128. The molecule has 2 aromatic carbocycles. The van der Waals surface area contributed by atoms with E-state index in [1.165, 1.54) is 4.88 Å². The molecular weight excluding hydrogens is 380 g/mol. The Morgan fingerprint density at radius 2 is 1.96 bits per heavy atom. The zero-order valence-corrected chi connectivity index (χ0v) is 16.2. The molecule has 1 heterocycles. The van der Waals surface area contributed by atoms with Crippen LogP contribution in [-0.2, 0) is 24.2 Å². The molecule has 0 aliphatic heterocycles. The fraction of sp³-hybridized carbons (Fsp3) is 0.238. The minimum Gasteiger partial charge on any atom is -0.489 e. The number of anilines is 1. The number of amides is 1. The maximum absolute atomic E-state index is 12.6. The van der Waals surface area contributed by atoms with E-state index in [0.29, 0.717) is 11.6 Å². The van der Waals surface area contributed by atoms with Gasteiger partial charge in [0.1, 0.15) is 12.4 Å². The first-order valence-corrected chi connectivity index (χ1v) is 10.1. The van der Waals surface area contributed by atoms with Gasteiger partial charge >= 0.3 is 0 Å². The number of thiazole rings is 1. The number of fused-ring (bicyclic) bond motifs is 1. The van der Waals surface area contributed by atoms with Gasteiger partial charge in [0.05, 0.1) is 11.2 Å². The van der Waals surface area contributed by atoms with Crippen molar-refractivity contribution < 1.29 is 9.53 Å². The van der Waals surface area contributed by atoms with Gasteiger partial charge in [0, 0.05) is 21.5 Å². The Labute approximate surface area is 167 Å². The molecule has 0 radical (unpaired) electrons. The smallest absolute Gasteiger partial charge is 0.227 e. The van der Waals surface area contributed by atoms with Crippen molar-refractivity contribution in [1.29, 1.82) is 0 Å². The van der Waals surface area contributed by atoms with E-state index < -0.39 is 0 Å². The monoisotopic (exact) mass is 398 g/mol. The van der Waals surface area contributed by atoms with E-state index in [-0.39, 0.29) is 11.8 Å². The molecule has 1 N–H and O–H groups in total. The van der Waals surface area contributed by atoms with Crippen molar-refractivity contribution in [2.45, 2.75) is 25.9 Å². The highest BCUT2D eigenvalue weighted by Crippen LogP contribution is 2.28. The third-order valence-corrected chi connectivity index (χ3v) is 5.85. The normalized spacial score (nSPS) is 15.8. The lowest BCUT2D eigenvalue weighted by Gasteiger charge is -2.20. The number of benzene rings is 2. The second-order valence-corrected chi connectivity index (χ2v) is 7.97. The first-order chi connectivity index (χ1) is 13.2. The first kappa shape index (κ1) is 18.0. The molecule has 138 valence electrons. The SMILES string of the molecule is O=C(Nc1ccc(OCc2ccc(Cl)cc2)cc1)C1CCc2ncsc2C1. The molecular formula is C21H19ClN2O2S. The summed E-state index contributed by atoms with van der Waals surface area (Å²) in [6, 6.07) is 15.1. The summed E-state index contributed by atoms with van der Waals surface area (Å²) in [5.74, 6) is 0.845. The van der Waals surface area contributed by atoms with Crippen LogP contribution in [0.1, 0.15) is 22.6 Å². The molecule has 4 nitrogen and oxygen atoms in total. The fourth-order valence-electron chi connectivity index (χ4n) is 3.15. The van der Waals surface area contributed by atoms with Gasteiger partial charge in [0.15, 0.2) is 0 Å². The number of carbonyl (C=O) groups is 1. The number of carbonyl (C=O) groups excluding carboxylic acids is 1. The maximum Gasteiger partial charge on any atom is 0.227 e. The Morgan fingerprint density at radius 3 is 2.74 bits per heavy atom. The number of hydrogen-bond acceptors (Lipinski definition) is 4. The van der Waals surface area contributed by atoms with E-state index in [4.69, 9.17) is 16.3 Å². The van der Waals surface area contributed by atoms with Gasteiger partial charge in [-0.1, -0.05) is 23.7 Å². The van der Waals surface area contributed by atoms with Gasteiger partial charge in [-0.05, 0) is 61.2 Å². The quantitative estimate of drug-likeness (QED) is 0.649. The lowest BCUT2D eigenvalue weighted by Crippen LogP contribution is -2.27. The summed E-state index contributed by atoms with van der Waals surface area (Å²) in [4.78, 5) is 18.2. The van der Waals surface area contributed by atoms with Crippen LogP contribution in [0.4, 0.5) is 5.69 Å². The van der Waals surface area contributed by atoms with Crippen LogP contribution in [0, 0.1) is 5.92 Å². The molecule has 0 saturated carbocycles. The largest absolute Gasteiger partial charge is 0.489 e. The average molecular weight is 399 g/mol. The second kappa shape index (κ2) is 8.11. The zero-order valence-electron chi connectivity index (χ0n) is 14.7. The standard InChI is InChI=1S/C21H19ClN2O2S/c22-16-4-1-14(2-5-16)12-26-18-8-6-17(7-9-18)24-21(25)15-3-10-19-20(11-15)27-13-23-19/h1-2,4-9,13,15H,3,10-12H2,(H,24,25). The Kier molecular flexibility index (Phi) is 5.41. The van der Waals surface area contributed by atoms with Crippen molar-refractivity contribution in [3.63, 3.8) is 0 Å². The molecule has 6 heteroatoms. The van der Waals surface area contributed by atoms with E-state index in [9.17, 15) is 4.79 Å². The highest BCUT2D eigenvalue weighted by molar-refractivity contribution is 7.09. The fourth-order valence-corrected chi connectivity index (χ4v) is 4.17. The van der Waals surface area contributed by atoms with Gasteiger partial charge in [-0.3, -0.25) is 4.79 Å². The Hall–Kier alpha value is -2.37. The second-order valence-electron chi connectivity index (χ2n) is 6.59. The third kappa shape index (κ3) is 4.49. The van der Waals surface area contributed by atoms with Crippen LogP contribution in [0.25, 0.3) is 0 Å². The van der Waals surface area contributed by atoms with Crippen LogP contribution in [0.2, 0.25) is 5.02 Å². The number of rotatable bonds is 5. The number of aryl methyl sites for hydroxylation is 1. The van der Waals surface area contributed by atoms with E-state index in [1.807, 2.05) is 54.0 Å². The Morgan fingerprint density at radius 1 is 1.19 bits per heavy atom. The summed E-state index contributed by atoms with van der Waals surface area (Å²) < 4.78 is 5.78. The molecule has 27 heavy (non-hydrogen) atoms. The van der Waals surface area contributed by atoms with Gasteiger partial charge < -0.3 is 10.1 Å². The van der Waals surface area contributed by atoms with Crippen LogP contribution >= 0.6 is 22.9 Å². The van der Waals surface area contributed by atoms with Gasteiger partial charge in [0.25, 0.3) is 0 Å². The summed E-state index contributed by atoms with van der Waals surface area (Å²) in [6.07, 6.45) is 2.52. The molecule has 0 spiro atoms. The number of halogens is 1. The first-order valence-electron chi connectivity index (χ1n) is 8.87. The van der Waals surface area contributed by atoms with Gasteiger partial charge in [-0.25, -0.2) is 4.98 Å². The molecule has 3 aromatic rings. The van der Waals surface area contributed by atoms with Crippen molar-refractivity contribution in [2.75, 3.05) is 5.32 Å². The molecule has 1 atom stereocenters. The maximum atomic E-state index is 12.6. The number of nitrogens with one attached hydrogen (secondary N) is 1. The lowest BCUT2D eigenvalue weighted by molar-refractivity contribution is -0.120. The molecule has 0 saturated heterocycles. The molecule has 1 aliphatic rings. The molecule has 1 aromatic heterocycles. The van der Waals surface area contributed by atoms with Gasteiger partial charge in [-0.15, -0.1) is 11.3 Å². The molecule has 0 fully saturated rings.